The third-order valence-electron chi connectivity index (χ3n) is 5.15. The molecule has 1 aromatic heterocycles. The van der Waals surface area contributed by atoms with Gasteiger partial charge >= 0.3 is 0 Å². The highest BCUT2D eigenvalue weighted by atomic mass is 32.2. The van der Waals surface area contributed by atoms with Crippen molar-refractivity contribution in [2.75, 3.05) is 23.1 Å². The number of anilines is 1. The van der Waals surface area contributed by atoms with Gasteiger partial charge < -0.3 is 9.73 Å². The molecule has 176 valence electrons. The lowest BCUT2D eigenvalue weighted by Crippen LogP contribution is -2.41. The Kier molecular flexibility index (Phi) is 9.03. The van der Waals surface area contributed by atoms with Crippen molar-refractivity contribution in [2.24, 2.45) is 0 Å². The van der Waals surface area contributed by atoms with E-state index in [1.165, 1.54) is 4.31 Å². The number of thioether (sulfide) groups is 1. The summed E-state index contributed by atoms with van der Waals surface area (Å²) in [6.07, 6.45) is 3.10. The largest absolute Gasteiger partial charge is 0.468 e. The maximum atomic E-state index is 13.5. The molecule has 8 heteroatoms. The molecule has 6 nitrogen and oxygen atoms in total. The van der Waals surface area contributed by atoms with Gasteiger partial charge in [0.1, 0.15) is 12.3 Å². The van der Waals surface area contributed by atoms with E-state index in [0.29, 0.717) is 18.7 Å². The number of nitrogens with one attached hydrogen (secondary N) is 1. The number of rotatable bonds is 12. The molecule has 1 heterocycles. The van der Waals surface area contributed by atoms with Crippen LogP contribution in [0, 0.1) is 6.92 Å². The van der Waals surface area contributed by atoms with Gasteiger partial charge in [0.05, 0.1) is 22.6 Å². The van der Waals surface area contributed by atoms with Crippen LogP contribution in [0.25, 0.3) is 0 Å². The normalized spacial score (nSPS) is 11.3. The standard InChI is InChI=1S/C25H30N2O4S2/c1-3-21-8-4-5-10-24(21)27(33(29,30)23-13-11-20(2)12-14-23)18-25(28)26-15-7-17-32-19-22-9-6-16-31-22/h4-6,8-14,16H,3,7,15,17-19H2,1-2H3,(H,26,28). The van der Waals surface area contributed by atoms with Crippen molar-refractivity contribution in [1.82, 2.24) is 5.32 Å². The molecule has 2 aromatic carbocycles. The zero-order chi connectivity index (χ0) is 23.7. The van der Waals surface area contributed by atoms with Crippen LogP contribution in [0.3, 0.4) is 0 Å². The Bertz CT molecular complexity index is 1130. The highest BCUT2D eigenvalue weighted by Gasteiger charge is 2.28. The summed E-state index contributed by atoms with van der Waals surface area (Å²) in [5.41, 5.74) is 2.37. The molecule has 0 aliphatic carbocycles. The molecule has 3 aromatic rings. The van der Waals surface area contributed by atoms with Crippen LogP contribution in [-0.2, 0) is 27.0 Å². The number of amides is 1. The van der Waals surface area contributed by atoms with Crippen LogP contribution in [0.15, 0.2) is 76.2 Å². The Morgan fingerprint density at radius 2 is 1.82 bits per heavy atom. The van der Waals surface area contributed by atoms with Gasteiger partial charge in [-0.3, -0.25) is 9.10 Å². The number of hydrogen-bond acceptors (Lipinski definition) is 5. The van der Waals surface area contributed by atoms with Gasteiger partial charge in [-0.2, -0.15) is 11.8 Å². The molecule has 0 spiro atoms. The molecule has 0 aliphatic heterocycles. The summed E-state index contributed by atoms with van der Waals surface area (Å²) in [6, 6.07) is 17.8. The average Bonchev–Trinajstić information content (AvgIpc) is 3.33. The molecule has 33 heavy (non-hydrogen) atoms. The topological polar surface area (TPSA) is 79.6 Å². The minimum atomic E-state index is -3.90. The lowest BCUT2D eigenvalue weighted by Gasteiger charge is -2.26. The first-order valence-corrected chi connectivity index (χ1v) is 13.6. The van der Waals surface area contributed by atoms with Gasteiger partial charge in [-0.15, -0.1) is 0 Å². The maximum absolute atomic E-state index is 13.5. The fourth-order valence-corrected chi connectivity index (χ4v) is 5.66. The molecular formula is C25H30N2O4S2. The van der Waals surface area contributed by atoms with E-state index in [0.717, 1.165) is 34.8 Å². The van der Waals surface area contributed by atoms with Crippen LogP contribution in [0.4, 0.5) is 5.69 Å². The predicted octanol–water partition coefficient (Wildman–Crippen LogP) is 4.79. The smallest absolute Gasteiger partial charge is 0.264 e. The molecule has 0 fully saturated rings. The second-order valence-electron chi connectivity index (χ2n) is 7.64. The zero-order valence-corrected chi connectivity index (χ0v) is 20.6. The third-order valence-corrected chi connectivity index (χ3v) is 7.99. The number of carbonyl (C=O) groups is 1. The van der Waals surface area contributed by atoms with Crippen molar-refractivity contribution in [3.05, 3.63) is 83.8 Å². The van der Waals surface area contributed by atoms with Crippen LogP contribution in [0.2, 0.25) is 0 Å². The summed E-state index contributed by atoms with van der Waals surface area (Å²) in [7, 11) is -3.90. The third kappa shape index (κ3) is 6.88. The van der Waals surface area contributed by atoms with E-state index in [9.17, 15) is 13.2 Å². The Morgan fingerprint density at radius 3 is 2.52 bits per heavy atom. The molecule has 3 rings (SSSR count). The van der Waals surface area contributed by atoms with Crippen molar-refractivity contribution < 1.29 is 17.6 Å². The number of carbonyl (C=O) groups excluding carboxylic acids is 1. The summed E-state index contributed by atoms with van der Waals surface area (Å²) >= 11 is 1.73. The van der Waals surface area contributed by atoms with Gasteiger partial charge in [-0.1, -0.05) is 42.8 Å². The highest BCUT2D eigenvalue weighted by molar-refractivity contribution is 7.98. The van der Waals surface area contributed by atoms with E-state index < -0.39 is 10.0 Å². The number of sulfonamides is 1. The summed E-state index contributed by atoms with van der Waals surface area (Å²) in [5, 5.41) is 2.86. The number of hydrogen-bond donors (Lipinski definition) is 1. The van der Waals surface area contributed by atoms with Crippen LogP contribution in [0.5, 0.6) is 0 Å². The van der Waals surface area contributed by atoms with Crippen LogP contribution in [0.1, 0.15) is 30.2 Å². The lowest BCUT2D eigenvalue weighted by atomic mass is 10.1. The molecule has 0 saturated heterocycles. The van der Waals surface area contributed by atoms with Crippen molar-refractivity contribution in [2.45, 2.75) is 37.3 Å². The summed E-state index contributed by atoms with van der Waals surface area (Å²) < 4.78 is 33.5. The van der Waals surface area contributed by atoms with E-state index >= 15 is 0 Å². The highest BCUT2D eigenvalue weighted by Crippen LogP contribution is 2.27. The van der Waals surface area contributed by atoms with Gasteiger partial charge in [-0.05, 0) is 61.4 Å². The van der Waals surface area contributed by atoms with Crippen molar-refractivity contribution in [1.29, 1.82) is 0 Å². The summed E-state index contributed by atoms with van der Waals surface area (Å²) in [4.78, 5) is 12.9. The van der Waals surface area contributed by atoms with Crippen molar-refractivity contribution in [3.8, 4) is 0 Å². The van der Waals surface area contributed by atoms with E-state index in [1.807, 2.05) is 38.1 Å². The van der Waals surface area contributed by atoms with Gasteiger partial charge in [0.25, 0.3) is 10.0 Å². The Hall–Kier alpha value is -2.71. The first-order valence-electron chi connectivity index (χ1n) is 11.0. The second kappa shape index (κ2) is 12.0. The fraction of sp³-hybridized carbons (Fsp3) is 0.320. The zero-order valence-electron chi connectivity index (χ0n) is 19.0. The van der Waals surface area contributed by atoms with Gasteiger partial charge in [0.15, 0.2) is 0 Å². The SMILES string of the molecule is CCc1ccccc1N(CC(=O)NCCCSCc1ccco1)S(=O)(=O)c1ccc(C)cc1. The van der Waals surface area contributed by atoms with E-state index in [2.05, 4.69) is 5.32 Å². The Morgan fingerprint density at radius 1 is 1.06 bits per heavy atom. The quantitative estimate of drug-likeness (QED) is 0.373. The monoisotopic (exact) mass is 486 g/mol. The van der Waals surface area contributed by atoms with Crippen LogP contribution in [-0.4, -0.2) is 33.2 Å². The van der Waals surface area contributed by atoms with Crippen molar-refractivity contribution >= 4 is 33.4 Å². The van der Waals surface area contributed by atoms with Crippen LogP contribution >= 0.6 is 11.8 Å². The number of nitrogens with zero attached hydrogens (tertiary/aromatic N) is 1. The first-order chi connectivity index (χ1) is 15.9. The minimum absolute atomic E-state index is 0.168. The molecule has 0 atom stereocenters. The number of furan rings is 1. The van der Waals surface area contributed by atoms with Crippen molar-refractivity contribution in [3.63, 3.8) is 0 Å². The van der Waals surface area contributed by atoms with E-state index in [-0.39, 0.29) is 17.3 Å². The van der Waals surface area contributed by atoms with Gasteiger partial charge in [-0.25, -0.2) is 8.42 Å². The molecule has 0 unspecified atom stereocenters. The molecule has 0 saturated carbocycles. The van der Waals surface area contributed by atoms with Crippen LogP contribution < -0.4 is 9.62 Å². The fourth-order valence-electron chi connectivity index (χ4n) is 3.35. The predicted molar refractivity (Wildman–Crippen MR) is 134 cm³/mol. The number of aryl methyl sites for hydroxylation is 2. The summed E-state index contributed by atoms with van der Waals surface area (Å²) in [6.45, 7) is 4.08. The van der Waals surface area contributed by atoms with E-state index in [4.69, 9.17) is 4.42 Å². The van der Waals surface area contributed by atoms with Gasteiger partial charge in [0.2, 0.25) is 5.91 Å². The minimum Gasteiger partial charge on any atom is -0.468 e. The number of para-hydroxylation sites is 1. The molecule has 1 N–H and O–H groups in total. The summed E-state index contributed by atoms with van der Waals surface area (Å²) in [5.74, 6) is 2.26. The molecule has 0 aliphatic rings. The van der Waals surface area contributed by atoms with Gasteiger partial charge in [0, 0.05) is 6.54 Å². The molecule has 0 radical (unpaired) electrons. The van der Waals surface area contributed by atoms with E-state index in [1.54, 1.807) is 54.4 Å². The maximum Gasteiger partial charge on any atom is 0.264 e. The molecule has 1 amide bonds. The molecule has 0 bridgehead atoms. The lowest BCUT2D eigenvalue weighted by molar-refractivity contribution is -0.119. The Labute approximate surface area is 200 Å². The number of benzene rings is 2. The average molecular weight is 487 g/mol. The molecular weight excluding hydrogens is 456 g/mol. The second-order valence-corrected chi connectivity index (χ2v) is 10.6. The Balaban J connectivity index is 1.66. The first kappa shape index (κ1) is 24.9.